The van der Waals surface area contributed by atoms with E-state index in [1.807, 2.05) is 19.2 Å². The Bertz CT molecular complexity index is 642. The first-order chi connectivity index (χ1) is 9.19. The molecule has 2 aromatic rings. The average molecular weight is 295 g/mol. The number of hydrogen-bond acceptors (Lipinski definition) is 5. The number of carbonyl (C=O) groups is 1. The van der Waals surface area contributed by atoms with Gasteiger partial charge in [-0.25, -0.2) is 0 Å². The van der Waals surface area contributed by atoms with Gasteiger partial charge in [0.15, 0.2) is 0 Å². The number of carbonyl (C=O) groups excluding carboxylic acids is 1. The highest BCUT2D eigenvalue weighted by Crippen LogP contribution is 2.33. The van der Waals surface area contributed by atoms with E-state index >= 15 is 0 Å². The minimum absolute atomic E-state index is 0.0623. The van der Waals surface area contributed by atoms with Gasteiger partial charge in [-0.2, -0.15) is 0 Å². The Morgan fingerprint density at radius 2 is 2.37 bits per heavy atom. The number of benzene rings is 1. The predicted octanol–water partition coefficient (Wildman–Crippen LogP) is 2.32. The zero-order chi connectivity index (χ0) is 13.4. The molecule has 0 bridgehead atoms. The van der Waals surface area contributed by atoms with E-state index in [2.05, 4.69) is 14.9 Å². The molecule has 2 heterocycles. The van der Waals surface area contributed by atoms with Crippen molar-refractivity contribution >= 4 is 39.7 Å². The van der Waals surface area contributed by atoms with E-state index < -0.39 is 0 Å². The van der Waals surface area contributed by atoms with E-state index in [0.29, 0.717) is 18.0 Å². The molecule has 1 amide bonds. The highest BCUT2D eigenvalue weighted by Gasteiger charge is 2.28. The summed E-state index contributed by atoms with van der Waals surface area (Å²) in [5.74, 6) is 0.0623. The van der Waals surface area contributed by atoms with E-state index in [0.717, 1.165) is 21.9 Å². The number of fused-ring (bicyclic) bond motifs is 1. The number of hydrogen-bond donors (Lipinski definition) is 1. The zero-order valence-electron chi connectivity index (χ0n) is 10.2. The first-order valence-electron chi connectivity index (χ1n) is 5.77. The van der Waals surface area contributed by atoms with Crippen molar-refractivity contribution in [1.82, 2.24) is 9.59 Å². The number of anilines is 2. The minimum Gasteiger partial charge on any atom is -0.377 e. The van der Waals surface area contributed by atoms with Gasteiger partial charge >= 0.3 is 0 Å². The third-order valence-electron chi connectivity index (χ3n) is 3.07. The molecule has 5 nitrogen and oxygen atoms in total. The van der Waals surface area contributed by atoms with E-state index in [4.69, 9.17) is 11.6 Å². The SMILES string of the molecule is CNc1snnc1CN1C(=O)Cc2ccc(Cl)cc21. The van der Waals surface area contributed by atoms with Crippen molar-refractivity contribution in [2.75, 3.05) is 17.3 Å². The lowest BCUT2D eigenvalue weighted by Crippen LogP contribution is -2.26. The normalized spacial score (nSPS) is 13.8. The highest BCUT2D eigenvalue weighted by atomic mass is 35.5. The maximum absolute atomic E-state index is 12.1. The standard InChI is InChI=1S/C12H11ClN4OS/c1-14-12-9(15-16-19-12)6-17-10-5-8(13)3-2-7(10)4-11(17)18/h2-3,5,14H,4,6H2,1H3. The van der Waals surface area contributed by atoms with E-state index in [9.17, 15) is 4.79 Å². The molecule has 7 heteroatoms. The largest absolute Gasteiger partial charge is 0.377 e. The number of nitrogens with one attached hydrogen (secondary N) is 1. The van der Waals surface area contributed by atoms with E-state index in [1.54, 1.807) is 11.0 Å². The molecule has 19 heavy (non-hydrogen) atoms. The first-order valence-corrected chi connectivity index (χ1v) is 6.92. The van der Waals surface area contributed by atoms with Crippen LogP contribution in [0.15, 0.2) is 18.2 Å². The van der Waals surface area contributed by atoms with Crippen LogP contribution in [0.25, 0.3) is 0 Å². The molecule has 0 radical (unpaired) electrons. The van der Waals surface area contributed by atoms with Crippen molar-refractivity contribution < 1.29 is 4.79 Å². The lowest BCUT2D eigenvalue weighted by molar-refractivity contribution is -0.117. The summed E-state index contributed by atoms with van der Waals surface area (Å²) < 4.78 is 3.90. The molecule has 1 aliphatic rings. The second kappa shape index (κ2) is 4.79. The van der Waals surface area contributed by atoms with Crippen LogP contribution < -0.4 is 10.2 Å². The van der Waals surface area contributed by atoms with Crippen molar-refractivity contribution in [2.24, 2.45) is 0 Å². The molecule has 0 saturated heterocycles. The third kappa shape index (κ3) is 2.17. The maximum atomic E-state index is 12.1. The molecule has 1 aromatic carbocycles. The molecule has 0 fully saturated rings. The van der Waals surface area contributed by atoms with Crippen LogP contribution in [0.2, 0.25) is 5.02 Å². The highest BCUT2D eigenvalue weighted by molar-refractivity contribution is 7.10. The molecule has 1 aliphatic heterocycles. The fraction of sp³-hybridized carbons (Fsp3) is 0.250. The number of rotatable bonds is 3. The Kier molecular flexibility index (Phi) is 3.12. The van der Waals surface area contributed by atoms with Crippen LogP contribution in [0.4, 0.5) is 10.7 Å². The summed E-state index contributed by atoms with van der Waals surface area (Å²) in [4.78, 5) is 13.8. The molecular weight excluding hydrogens is 284 g/mol. The number of nitrogens with zero attached hydrogens (tertiary/aromatic N) is 3. The summed E-state index contributed by atoms with van der Waals surface area (Å²) in [5.41, 5.74) is 2.64. The Balaban J connectivity index is 1.94. The zero-order valence-corrected chi connectivity index (χ0v) is 11.8. The Morgan fingerprint density at radius 3 is 3.16 bits per heavy atom. The van der Waals surface area contributed by atoms with E-state index in [1.165, 1.54) is 11.5 Å². The molecule has 0 atom stereocenters. The molecule has 0 spiro atoms. The van der Waals surface area contributed by atoms with Crippen LogP contribution in [0.3, 0.4) is 0 Å². The summed E-state index contributed by atoms with van der Waals surface area (Å²) in [5, 5.41) is 8.60. The predicted molar refractivity (Wildman–Crippen MR) is 75.8 cm³/mol. The fourth-order valence-corrected chi connectivity index (χ4v) is 2.84. The molecular formula is C12H11ClN4OS. The molecule has 98 valence electrons. The summed E-state index contributed by atoms with van der Waals surface area (Å²) >= 11 is 7.28. The van der Waals surface area contributed by atoms with Crippen LogP contribution in [0.1, 0.15) is 11.3 Å². The topological polar surface area (TPSA) is 58.1 Å². The van der Waals surface area contributed by atoms with Crippen molar-refractivity contribution in [1.29, 1.82) is 0 Å². The summed E-state index contributed by atoms with van der Waals surface area (Å²) in [7, 11) is 1.81. The summed E-state index contributed by atoms with van der Waals surface area (Å²) in [6.45, 7) is 0.416. The van der Waals surface area contributed by atoms with Crippen LogP contribution in [0, 0.1) is 0 Å². The Hall–Kier alpha value is -1.66. The minimum atomic E-state index is 0.0623. The van der Waals surface area contributed by atoms with Gasteiger partial charge in [-0.1, -0.05) is 22.2 Å². The monoisotopic (exact) mass is 294 g/mol. The molecule has 0 unspecified atom stereocenters. The van der Waals surface area contributed by atoms with Crippen LogP contribution in [0.5, 0.6) is 0 Å². The quantitative estimate of drug-likeness (QED) is 0.944. The summed E-state index contributed by atoms with van der Waals surface area (Å²) in [6, 6.07) is 5.52. The van der Waals surface area contributed by atoms with Gasteiger partial charge in [0.1, 0.15) is 10.7 Å². The Labute approximate surface area is 119 Å². The number of halogens is 1. The number of amides is 1. The van der Waals surface area contributed by atoms with Crippen LogP contribution in [-0.2, 0) is 17.8 Å². The smallest absolute Gasteiger partial charge is 0.231 e. The Morgan fingerprint density at radius 1 is 1.53 bits per heavy atom. The van der Waals surface area contributed by atoms with Crippen molar-refractivity contribution in [2.45, 2.75) is 13.0 Å². The molecule has 1 aromatic heterocycles. The average Bonchev–Trinajstić information content (AvgIpc) is 2.96. The fourth-order valence-electron chi connectivity index (χ4n) is 2.16. The third-order valence-corrected chi connectivity index (χ3v) is 4.09. The second-order valence-corrected chi connectivity index (χ2v) is 5.42. The van der Waals surface area contributed by atoms with Gasteiger partial charge in [0.2, 0.25) is 5.91 Å². The van der Waals surface area contributed by atoms with Crippen LogP contribution in [-0.4, -0.2) is 22.5 Å². The van der Waals surface area contributed by atoms with Crippen molar-refractivity contribution in [3.63, 3.8) is 0 Å². The lowest BCUT2D eigenvalue weighted by Gasteiger charge is -2.16. The molecule has 0 aliphatic carbocycles. The van der Waals surface area contributed by atoms with Gasteiger partial charge in [0, 0.05) is 29.3 Å². The van der Waals surface area contributed by atoms with E-state index in [-0.39, 0.29) is 5.91 Å². The molecule has 0 saturated carbocycles. The van der Waals surface area contributed by atoms with Gasteiger partial charge in [0.05, 0.1) is 13.0 Å². The molecule has 3 rings (SSSR count). The summed E-state index contributed by atoms with van der Waals surface area (Å²) in [6.07, 6.45) is 0.416. The maximum Gasteiger partial charge on any atom is 0.231 e. The second-order valence-electron chi connectivity index (χ2n) is 4.23. The van der Waals surface area contributed by atoms with Crippen LogP contribution >= 0.6 is 23.1 Å². The first kappa shape index (κ1) is 12.4. The molecule has 1 N–H and O–H groups in total. The van der Waals surface area contributed by atoms with Gasteiger partial charge in [-0.3, -0.25) is 4.79 Å². The van der Waals surface area contributed by atoms with Gasteiger partial charge in [-0.05, 0) is 17.7 Å². The van der Waals surface area contributed by atoms with Gasteiger partial charge in [0.25, 0.3) is 0 Å². The van der Waals surface area contributed by atoms with Gasteiger partial charge < -0.3 is 10.2 Å². The van der Waals surface area contributed by atoms with Gasteiger partial charge in [-0.15, -0.1) is 5.10 Å². The van der Waals surface area contributed by atoms with Crippen molar-refractivity contribution in [3.05, 3.63) is 34.5 Å². The van der Waals surface area contributed by atoms with Crippen molar-refractivity contribution in [3.8, 4) is 0 Å². The lowest BCUT2D eigenvalue weighted by atomic mass is 10.2. The number of aromatic nitrogens is 2.